The van der Waals surface area contributed by atoms with Crippen LogP contribution in [0.4, 0.5) is 0 Å². The molecule has 0 amide bonds. The maximum Gasteiger partial charge on any atom is 0.138 e. The Hall–Kier alpha value is -1.27. The number of H-pyrrole nitrogens is 1. The van der Waals surface area contributed by atoms with E-state index in [1.54, 1.807) is 30.6 Å². The summed E-state index contributed by atoms with van der Waals surface area (Å²) in [5, 5.41) is 1.99. The Kier molecular flexibility index (Phi) is 3.87. The highest BCUT2D eigenvalue weighted by molar-refractivity contribution is 8.11. The first kappa shape index (κ1) is 17.8. The molecule has 138 valence electrons. The molecule has 0 fully saturated rings. The minimum atomic E-state index is -0.226. The average Bonchev–Trinajstić information content (AvgIpc) is 3.29. The van der Waals surface area contributed by atoms with Crippen LogP contribution in [0.25, 0.3) is 22.5 Å². The SMILES string of the molecule is COc1ccc(-c2nc3c([nH]2)=C2C=C(Cl)SC2(C)C2(C)SC(Cl)=CC=32)cc1. The molecule has 1 aliphatic carbocycles. The first-order valence-corrected chi connectivity index (χ1v) is 10.9. The number of rotatable bonds is 2. The fourth-order valence-electron chi connectivity index (χ4n) is 4.02. The zero-order chi connectivity index (χ0) is 19.0. The predicted octanol–water partition coefficient (Wildman–Crippen LogP) is 4.57. The van der Waals surface area contributed by atoms with Crippen molar-refractivity contribution in [2.24, 2.45) is 0 Å². The summed E-state index contributed by atoms with van der Waals surface area (Å²) in [5.41, 5.74) is 3.34. The van der Waals surface area contributed by atoms with Gasteiger partial charge in [-0.25, -0.2) is 4.98 Å². The number of aromatic nitrogens is 2. The van der Waals surface area contributed by atoms with E-state index in [0.717, 1.165) is 42.1 Å². The van der Waals surface area contributed by atoms with Crippen molar-refractivity contribution in [3.05, 3.63) is 55.8 Å². The molecule has 3 aliphatic rings. The van der Waals surface area contributed by atoms with Gasteiger partial charge in [0, 0.05) is 5.56 Å². The van der Waals surface area contributed by atoms with E-state index in [1.165, 1.54) is 5.57 Å². The van der Waals surface area contributed by atoms with E-state index < -0.39 is 0 Å². The van der Waals surface area contributed by atoms with E-state index in [4.69, 9.17) is 32.9 Å². The lowest BCUT2D eigenvalue weighted by Gasteiger charge is -2.43. The highest BCUT2D eigenvalue weighted by Crippen LogP contribution is 2.65. The number of hydrogen-bond donors (Lipinski definition) is 1. The smallest absolute Gasteiger partial charge is 0.138 e. The fraction of sp³-hybridized carbons (Fsp3) is 0.250. The first-order chi connectivity index (χ1) is 12.9. The highest BCUT2D eigenvalue weighted by Gasteiger charge is 2.57. The van der Waals surface area contributed by atoms with Crippen molar-refractivity contribution in [2.75, 3.05) is 7.11 Å². The summed E-state index contributed by atoms with van der Waals surface area (Å²) in [7, 11) is 1.66. The van der Waals surface area contributed by atoms with E-state index >= 15 is 0 Å². The topological polar surface area (TPSA) is 37.9 Å². The number of methoxy groups -OCH3 is 1. The van der Waals surface area contributed by atoms with Crippen molar-refractivity contribution >= 4 is 57.9 Å². The number of halogens is 2. The third kappa shape index (κ3) is 2.35. The summed E-state index contributed by atoms with van der Waals surface area (Å²) in [5.74, 6) is 1.65. The van der Waals surface area contributed by atoms with Crippen LogP contribution in [0.2, 0.25) is 0 Å². The van der Waals surface area contributed by atoms with Crippen LogP contribution in [-0.2, 0) is 0 Å². The van der Waals surface area contributed by atoms with Crippen LogP contribution in [-0.4, -0.2) is 26.6 Å². The molecular formula is C20H16Cl2N2OS2. The summed E-state index contributed by atoms with van der Waals surface area (Å²) < 4.78 is 6.41. The lowest BCUT2D eigenvalue weighted by molar-refractivity contribution is 0.415. The summed E-state index contributed by atoms with van der Waals surface area (Å²) in [4.78, 5) is 8.50. The van der Waals surface area contributed by atoms with Gasteiger partial charge in [-0.05, 0) is 61.4 Å². The number of imidazole rings is 1. The molecule has 0 bridgehead atoms. The van der Waals surface area contributed by atoms with Gasteiger partial charge < -0.3 is 9.72 Å². The second-order valence-corrected chi connectivity index (χ2v) is 11.2. The molecule has 2 unspecified atom stereocenters. The van der Waals surface area contributed by atoms with Crippen molar-refractivity contribution in [1.82, 2.24) is 9.97 Å². The molecule has 0 radical (unpaired) electrons. The predicted molar refractivity (Wildman–Crippen MR) is 117 cm³/mol. The molecule has 1 aromatic heterocycles. The van der Waals surface area contributed by atoms with E-state index in [2.05, 4.69) is 31.0 Å². The van der Waals surface area contributed by atoms with Crippen LogP contribution < -0.4 is 15.4 Å². The largest absolute Gasteiger partial charge is 0.497 e. The standard InChI is InChI=1S/C20H16Cl2N2OS2/c1-19-12(8-14(21)26-19)16-17(13-9-15(22)27-20(13,19)2)24-18(23-16)10-4-6-11(25-3)7-5-10/h4-9H,1-3H3,(H,23,24). The molecule has 5 rings (SSSR count). The molecule has 3 heterocycles. The Balaban J connectivity index is 1.83. The molecule has 1 N–H and O–H groups in total. The molecule has 2 aromatic rings. The van der Waals surface area contributed by atoms with Crippen LogP contribution in [0.5, 0.6) is 5.75 Å². The van der Waals surface area contributed by atoms with Gasteiger partial charge in [-0.1, -0.05) is 23.2 Å². The van der Waals surface area contributed by atoms with Crippen LogP contribution >= 0.6 is 46.7 Å². The lowest BCUT2D eigenvalue weighted by atomic mass is 9.78. The monoisotopic (exact) mass is 434 g/mol. The number of allylic oxidation sites excluding steroid dienone is 2. The maximum atomic E-state index is 6.48. The minimum absolute atomic E-state index is 0.214. The van der Waals surface area contributed by atoms with Gasteiger partial charge in [-0.15, -0.1) is 23.5 Å². The summed E-state index contributed by atoms with van der Waals surface area (Å²) in [6, 6.07) is 7.90. The van der Waals surface area contributed by atoms with Crippen molar-refractivity contribution in [2.45, 2.75) is 23.3 Å². The van der Waals surface area contributed by atoms with E-state index in [-0.39, 0.29) is 9.49 Å². The van der Waals surface area contributed by atoms with Gasteiger partial charge in [0.05, 0.1) is 36.0 Å². The fourth-order valence-corrected chi connectivity index (χ4v) is 7.70. The number of nitrogens with one attached hydrogen (secondary N) is 1. The number of thioether (sulfide) groups is 2. The summed E-state index contributed by atoms with van der Waals surface area (Å²) in [6.45, 7) is 4.48. The number of aromatic amines is 1. The van der Waals surface area contributed by atoms with Crippen LogP contribution in [0, 0.1) is 0 Å². The van der Waals surface area contributed by atoms with E-state index in [0.29, 0.717) is 0 Å². The van der Waals surface area contributed by atoms with Gasteiger partial charge in [-0.3, -0.25) is 0 Å². The van der Waals surface area contributed by atoms with Gasteiger partial charge in [0.2, 0.25) is 0 Å². The van der Waals surface area contributed by atoms with Crippen LogP contribution in [0.15, 0.2) is 45.1 Å². The van der Waals surface area contributed by atoms with Gasteiger partial charge in [-0.2, -0.15) is 0 Å². The van der Waals surface area contributed by atoms with Crippen molar-refractivity contribution in [3.8, 4) is 17.1 Å². The third-order valence-corrected chi connectivity index (χ3v) is 9.16. The molecule has 0 saturated heterocycles. The zero-order valence-corrected chi connectivity index (χ0v) is 18.0. The van der Waals surface area contributed by atoms with Crippen LogP contribution in [0.1, 0.15) is 13.8 Å². The highest BCUT2D eigenvalue weighted by atomic mass is 35.5. The van der Waals surface area contributed by atoms with Gasteiger partial charge >= 0.3 is 0 Å². The lowest BCUT2D eigenvalue weighted by Crippen LogP contribution is -2.53. The van der Waals surface area contributed by atoms with Crippen molar-refractivity contribution < 1.29 is 4.74 Å². The molecule has 2 atom stereocenters. The van der Waals surface area contributed by atoms with Gasteiger partial charge in [0.1, 0.15) is 11.6 Å². The Morgan fingerprint density at radius 2 is 1.56 bits per heavy atom. The molecule has 7 heteroatoms. The number of nitrogens with zero attached hydrogens (tertiary/aromatic N) is 1. The number of fused-ring (bicyclic) bond motifs is 4. The summed E-state index contributed by atoms with van der Waals surface area (Å²) >= 11 is 16.3. The Bertz CT molecular complexity index is 1100. The Morgan fingerprint density at radius 3 is 2.19 bits per heavy atom. The van der Waals surface area contributed by atoms with Gasteiger partial charge in [0.25, 0.3) is 0 Å². The number of benzene rings is 1. The second-order valence-electron chi connectivity index (χ2n) is 7.03. The maximum absolute atomic E-state index is 6.48. The third-order valence-electron chi connectivity index (χ3n) is 5.65. The minimum Gasteiger partial charge on any atom is -0.497 e. The molecule has 0 saturated carbocycles. The number of ether oxygens (including phenoxy) is 1. The molecule has 27 heavy (non-hydrogen) atoms. The van der Waals surface area contributed by atoms with Gasteiger partial charge in [0.15, 0.2) is 0 Å². The molecule has 1 aromatic carbocycles. The zero-order valence-electron chi connectivity index (χ0n) is 14.9. The molecular weight excluding hydrogens is 419 g/mol. The van der Waals surface area contributed by atoms with E-state index in [1.807, 2.05) is 24.3 Å². The van der Waals surface area contributed by atoms with Crippen LogP contribution in [0.3, 0.4) is 0 Å². The normalized spacial score (nSPS) is 28.5. The second kappa shape index (κ2) is 5.86. The van der Waals surface area contributed by atoms with E-state index in [9.17, 15) is 0 Å². The average molecular weight is 435 g/mol. The Morgan fingerprint density at radius 1 is 0.963 bits per heavy atom. The molecule has 0 spiro atoms. The van der Waals surface area contributed by atoms with Crippen molar-refractivity contribution in [3.63, 3.8) is 0 Å². The number of hydrogen-bond acceptors (Lipinski definition) is 4. The van der Waals surface area contributed by atoms with Crippen molar-refractivity contribution in [1.29, 1.82) is 0 Å². The molecule has 3 nitrogen and oxygen atoms in total. The molecule has 2 aliphatic heterocycles. The summed E-state index contributed by atoms with van der Waals surface area (Å²) in [6.07, 6.45) is 4.12. The quantitative estimate of drug-likeness (QED) is 0.750. The first-order valence-electron chi connectivity index (χ1n) is 8.48. The Labute approximate surface area is 175 Å².